The fourth-order valence-corrected chi connectivity index (χ4v) is 3.48. The number of rotatable bonds is 19. The molecule has 0 aromatic carbocycles. The molecule has 1 atom stereocenters. The SMILES string of the molecule is CCCCCCCCCCCCCCC[13C](=O)OC(CC(=O)O)C[N+](C)(C)C. The third kappa shape index (κ3) is 19.7. The molecular weight excluding hydrogens is 355 g/mol. The van der Waals surface area contributed by atoms with Crippen LogP contribution in [0.5, 0.6) is 0 Å². The molecule has 0 saturated carbocycles. The normalized spacial score (nSPS) is 12.7. The number of ether oxygens (including phenoxy) is 1. The number of carbonyl (C=O) groups excluding carboxylic acids is 1. The first-order valence-corrected chi connectivity index (χ1v) is 11.5. The van der Waals surface area contributed by atoms with Gasteiger partial charge in [0.05, 0.1) is 27.6 Å². The Balaban J connectivity index is 3.63. The van der Waals surface area contributed by atoms with Crippen LogP contribution in [0.4, 0.5) is 0 Å². The lowest BCUT2D eigenvalue weighted by atomic mass is 10.0. The van der Waals surface area contributed by atoms with Crippen molar-refractivity contribution in [1.29, 1.82) is 0 Å². The maximum absolute atomic E-state index is 12.0. The summed E-state index contributed by atoms with van der Waals surface area (Å²) >= 11 is 0. The average Bonchev–Trinajstić information content (AvgIpc) is 2.56. The van der Waals surface area contributed by atoms with E-state index >= 15 is 0 Å². The Bertz CT molecular complexity index is 404. The van der Waals surface area contributed by atoms with Gasteiger partial charge in [0.25, 0.3) is 0 Å². The van der Waals surface area contributed by atoms with Crippen molar-refractivity contribution in [2.75, 3.05) is 27.7 Å². The average molecular weight is 402 g/mol. The zero-order chi connectivity index (χ0) is 21.3. The van der Waals surface area contributed by atoms with Crippen molar-refractivity contribution in [3.63, 3.8) is 0 Å². The molecule has 0 amide bonds. The van der Waals surface area contributed by atoms with Crippen LogP contribution >= 0.6 is 0 Å². The van der Waals surface area contributed by atoms with Crippen molar-refractivity contribution >= 4 is 11.9 Å². The molecule has 0 rings (SSSR count). The van der Waals surface area contributed by atoms with Crippen LogP contribution in [0.2, 0.25) is 0 Å². The van der Waals surface area contributed by atoms with Gasteiger partial charge in [0.15, 0.2) is 6.10 Å². The molecule has 0 aromatic rings. The summed E-state index contributed by atoms with van der Waals surface area (Å²) < 4.78 is 5.98. The summed E-state index contributed by atoms with van der Waals surface area (Å²) in [6.07, 6.45) is 16.2. The van der Waals surface area contributed by atoms with Crippen molar-refractivity contribution in [1.82, 2.24) is 0 Å². The van der Waals surface area contributed by atoms with Crippen LogP contribution in [0.1, 0.15) is 103 Å². The first-order valence-electron chi connectivity index (χ1n) is 11.5. The number of aliphatic carboxylic acids is 1. The van der Waals surface area contributed by atoms with E-state index in [-0.39, 0.29) is 12.4 Å². The molecule has 0 saturated heterocycles. The largest absolute Gasteiger partial charge is 0.481 e. The fraction of sp³-hybridized carbons (Fsp3) is 0.913. The number of hydrogen-bond donors (Lipinski definition) is 1. The summed E-state index contributed by atoms with van der Waals surface area (Å²) in [5.41, 5.74) is 0. The van der Waals surface area contributed by atoms with E-state index in [9.17, 15) is 9.59 Å². The third-order valence-corrected chi connectivity index (χ3v) is 4.94. The molecule has 0 heterocycles. The van der Waals surface area contributed by atoms with Gasteiger partial charge in [-0.2, -0.15) is 0 Å². The van der Waals surface area contributed by atoms with E-state index in [1.54, 1.807) is 0 Å². The lowest BCUT2D eigenvalue weighted by Gasteiger charge is -2.28. The van der Waals surface area contributed by atoms with Gasteiger partial charge >= 0.3 is 11.9 Å². The highest BCUT2D eigenvalue weighted by atomic mass is 16.6. The molecule has 1 unspecified atom stereocenters. The van der Waals surface area contributed by atoms with Crippen molar-refractivity contribution in [2.24, 2.45) is 0 Å². The molecule has 5 nitrogen and oxygen atoms in total. The zero-order valence-electron chi connectivity index (χ0n) is 19.0. The van der Waals surface area contributed by atoms with Crippen LogP contribution in [-0.2, 0) is 14.3 Å². The summed E-state index contributed by atoms with van der Waals surface area (Å²) in [5.74, 6) is -1.19. The second kappa shape index (κ2) is 16.8. The van der Waals surface area contributed by atoms with E-state index in [4.69, 9.17) is 9.84 Å². The number of likely N-dealkylation sites (N-methyl/N-ethyl adjacent to an activating group) is 1. The summed E-state index contributed by atoms with van der Waals surface area (Å²) in [4.78, 5) is 23.0. The molecule has 166 valence electrons. The van der Waals surface area contributed by atoms with Gasteiger partial charge in [-0.15, -0.1) is 0 Å². The molecule has 0 spiro atoms. The molecule has 0 aliphatic carbocycles. The van der Waals surface area contributed by atoms with E-state index in [0.29, 0.717) is 17.4 Å². The molecule has 28 heavy (non-hydrogen) atoms. The molecule has 0 fully saturated rings. The highest BCUT2D eigenvalue weighted by Crippen LogP contribution is 2.14. The van der Waals surface area contributed by atoms with Crippen molar-refractivity contribution in [2.45, 2.75) is 109 Å². The Kier molecular flexibility index (Phi) is 16.2. The minimum atomic E-state index is -0.924. The Morgan fingerprint density at radius 1 is 0.786 bits per heavy atom. The highest BCUT2D eigenvalue weighted by Gasteiger charge is 2.24. The number of quaternary nitrogens is 1. The number of unbranched alkanes of at least 4 members (excludes halogenated alkanes) is 12. The number of hydrogen-bond acceptors (Lipinski definition) is 3. The molecule has 0 bridgehead atoms. The first-order chi connectivity index (χ1) is 13.2. The molecule has 0 aliphatic heterocycles. The predicted molar refractivity (Wildman–Crippen MR) is 115 cm³/mol. The van der Waals surface area contributed by atoms with Gasteiger partial charge in [0.1, 0.15) is 6.54 Å². The Morgan fingerprint density at radius 2 is 1.21 bits per heavy atom. The van der Waals surface area contributed by atoms with Crippen molar-refractivity contribution in [3.05, 3.63) is 0 Å². The molecular formula is C23H46NO4+. The highest BCUT2D eigenvalue weighted by molar-refractivity contribution is 5.71. The third-order valence-electron chi connectivity index (χ3n) is 4.94. The van der Waals surface area contributed by atoms with Gasteiger partial charge in [0, 0.05) is 6.42 Å². The monoisotopic (exact) mass is 401 g/mol. The van der Waals surface area contributed by atoms with Gasteiger partial charge < -0.3 is 14.3 Å². The molecule has 5 heteroatoms. The van der Waals surface area contributed by atoms with E-state index in [1.165, 1.54) is 70.6 Å². The first kappa shape index (κ1) is 26.9. The minimum Gasteiger partial charge on any atom is -0.481 e. The number of nitrogens with zero attached hydrogens (tertiary/aromatic N) is 1. The number of carboxylic acid groups (broad SMARTS) is 1. The van der Waals surface area contributed by atoms with Crippen LogP contribution in [0, 0.1) is 0 Å². The van der Waals surface area contributed by atoms with E-state index in [1.807, 2.05) is 21.1 Å². The van der Waals surface area contributed by atoms with Gasteiger partial charge in [-0.3, -0.25) is 9.59 Å². The maximum atomic E-state index is 12.0. The molecule has 1 N–H and O–H groups in total. The lowest BCUT2D eigenvalue weighted by molar-refractivity contribution is -0.873. The summed E-state index contributed by atoms with van der Waals surface area (Å²) in [6, 6.07) is 0. The standard InChI is InChI=1S/C23H45NO4/c1-5-6-7-8-9-10-11-12-13-14-15-16-17-18-23(27)28-21(19-22(25)26)20-24(2,3)4/h21H,5-20H2,1-4H3/p+1/i23+1. The van der Waals surface area contributed by atoms with Crippen molar-refractivity contribution in [3.8, 4) is 0 Å². The second-order valence-corrected chi connectivity index (χ2v) is 9.18. The Labute approximate surface area is 173 Å². The minimum absolute atomic E-state index is 0.125. The zero-order valence-corrected chi connectivity index (χ0v) is 19.0. The van der Waals surface area contributed by atoms with Crippen LogP contribution in [0.25, 0.3) is 0 Å². The number of carbonyl (C=O) groups is 2. The number of carboxylic acids is 1. The quantitative estimate of drug-likeness (QED) is 0.133. The Morgan fingerprint density at radius 3 is 1.61 bits per heavy atom. The van der Waals surface area contributed by atoms with E-state index < -0.39 is 12.1 Å². The van der Waals surface area contributed by atoms with Crippen LogP contribution in [0.15, 0.2) is 0 Å². The predicted octanol–water partition coefficient (Wildman–Crippen LogP) is 5.56. The van der Waals surface area contributed by atoms with Crippen LogP contribution < -0.4 is 0 Å². The van der Waals surface area contributed by atoms with Gasteiger partial charge in [-0.1, -0.05) is 84.0 Å². The molecule has 0 aromatic heterocycles. The molecule has 0 aliphatic rings. The van der Waals surface area contributed by atoms with Crippen molar-refractivity contribution < 1.29 is 23.9 Å². The summed E-state index contributed by atoms with van der Waals surface area (Å²) in [5, 5.41) is 8.99. The van der Waals surface area contributed by atoms with E-state index in [0.717, 1.165) is 12.8 Å². The maximum Gasteiger partial charge on any atom is 0.307 e. The van der Waals surface area contributed by atoms with Crippen LogP contribution in [-0.4, -0.2) is 55.3 Å². The van der Waals surface area contributed by atoms with Gasteiger partial charge in [0.2, 0.25) is 0 Å². The smallest absolute Gasteiger partial charge is 0.307 e. The van der Waals surface area contributed by atoms with Gasteiger partial charge in [-0.25, -0.2) is 0 Å². The fourth-order valence-electron chi connectivity index (χ4n) is 3.48. The topological polar surface area (TPSA) is 63.6 Å². The molecule has 0 radical (unpaired) electrons. The lowest BCUT2D eigenvalue weighted by Crippen LogP contribution is -2.43. The number of esters is 1. The Hall–Kier alpha value is -1.10. The van der Waals surface area contributed by atoms with Gasteiger partial charge in [-0.05, 0) is 6.42 Å². The second-order valence-electron chi connectivity index (χ2n) is 9.18. The van der Waals surface area contributed by atoms with E-state index in [2.05, 4.69) is 6.92 Å². The summed E-state index contributed by atoms with van der Waals surface area (Å²) in [7, 11) is 5.90. The van der Waals surface area contributed by atoms with Crippen LogP contribution in [0.3, 0.4) is 0 Å². The summed E-state index contributed by atoms with van der Waals surface area (Å²) in [6.45, 7) is 2.77.